The first-order valence-corrected chi connectivity index (χ1v) is 5.24. The monoisotopic (exact) mass is 203 g/mol. The molecule has 0 aliphatic carbocycles. The average Bonchev–Trinajstić information content (AvgIpc) is 2.28. The highest BCUT2D eigenvalue weighted by Crippen LogP contribution is 2.25. The summed E-state index contributed by atoms with van der Waals surface area (Å²) in [6.45, 7) is 0.370. The molecule has 0 fully saturated rings. The number of hydrogen-bond donors (Lipinski definition) is 1. The molecule has 1 aliphatic rings. The molecular formula is C7H6ClNO2S. The molecule has 0 bridgehead atoms. The lowest BCUT2D eigenvalue weighted by Gasteiger charge is -1.95. The van der Waals surface area contributed by atoms with Crippen LogP contribution in [0.4, 0.5) is 0 Å². The molecule has 0 radical (unpaired) electrons. The Morgan fingerprint density at radius 1 is 1.42 bits per heavy atom. The minimum Gasteiger partial charge on any atom is -0.207 e. The van der Waals surface area contributed by atoms with Gasteiger partial charge in [-0.2, -0.15) is 0 Å². The average molecular weight is 204 g/mol. The highest BCUT2D eigenvalue weighted by molar-refractivity contribution is 7.89. The van der Waals surface area contributed by atoms with E-state index >= 15 is 0 Å². The second kappa shape index (κ2) is 2.45. The van der Waals surface area contributed by atoms with Gasteiger partial charge >= 0.3 is 0 Å². The molecule has 3 nitrogen and oxygen atoms in total. The van der Waals surface area contributed by atoms with Gasteiger partial charge in [0.05, 0.1) is 4.90 Å². The molecule has 1 aromatic rings. The first-order chi connectivity index (χ1) is 5.59. The predicted molar refractivity (Wildman–Crippen MR) is 45.5 cm³/mol. The lowest BCUT2D eigenvalue weighted by Crippen LogP contribution is -2.13. The molecule has 0 saturated carbocycles. The van der Waals surface area contributed by atoms with Crippen molar-refractivity contribution in [1.82, 2.24) is 4.72 Å². The molecule has 1 N–H and O–H groups in total. The number of fused-ring (bicyclic) bond motifs is 1. The van der Waals surface area contributed by atoms with Gasteiger partial charge < -0.3 is 0 Å². The van der Waals surface area contributed by atoms with Crippen LogP contribution in [0.15, 0.2) is 23.1 Å². The van der Waals surface area contributed by atoms with Crippen LogP contribution in [0.1, 0.15) is 5.56 Å². The zero-order valence-corrected chi connectivity index (χ0v) is 7.61. The molecule has 0 saturated heterocycles. The highest BCUT2D eigenvalue weighted by Gasteiger charge is 2.24. The van der Waals surface area contributed by atoms with E-state index in [0.29, 0.717) is 16.5 Å². The van der Waals surface area contributed by atoms with Crippen molar-refractivity contribution in [2.45, 2.75) is 11.4 Å². The molecule has 64 valence electrons. The van der Waals surface area contributed by atoms with Crippen LogP contribution in [0, 0.1) is 0 Å². The molecule has 0 amide bonds. The van der Waals surface area contributed by atoms with Crippen LogP contribution in [-0.4, -0.2) is 8.42 Å². The van der Waals surface area contributed by atoms with Crippen molar-refractivity contribution >= 4 is 21.6 Å². The fraction of sp³-hybridized carbons (Fsp3) is 0.143. The number of hydrogen-bond acceptors (Lipinski definition) is 2. The zero-order valence-electron chi connectivity index (χ0n) is 6.04. The summed E-state index contributed by atoms with van der Waals surface area (Å²) in [7, 11) is -3.26. The highest BCUT2D eigenvalue weighted by atomic mass is 35.5. The topological polar surface area (TPSA) is 46.2 Å². The Balaban J connectivity index is 2.73. The summed E-state index contributed by atoms with van der Waals surface area (Å²) in [5, 5.41) is 0.445. The molecule has 1 aromatic carbocycles. The normalized spacial score (nSPS) is 19.1. The summed E-state index contributed by atoms with van der Waals surface area (Å²) in [5.74, 6) is 0. The molecule has 2 rings (SSSR count). The van der Waals surface area contributed by atoms with Crippen molar-refractivity contribution < 1.29 is 8.42 Å². The van der Waals surface area contributed by atoms with Crippen molar-refractivity contribution in [3.05, 3.63) is 28.8 Å². The van der Waals surface area contributed by atoms with Crippen molar-refractivity contribution in [2.24, 2.45) is 0 Å². The van der Waals surface area contributed by atoms with Crippen molar-refractivity contribution in [3.63, 3.8) is 0 Å². The minimum atomic E-state index is -3.26. The number of rotatable bonds is 0. The van der Waals surface area contributed by atoms with Gasteiger partial charge in [-0.15, -0.1) is 0 Å². The fourth-order valence-corrected chi connectivity index (χ4v) is 2.68. The van der Waals surface area contributed by atoms with Gasteiger partial charge in [0.25, 0.3) is 0 Å². The predicted octanol–water partition coefficient (Wildman–Crippen LogP) is 1.13. The van der Waals surface area contributed by atoms with Gasteiger partial charge in [-0.3, -0.25) is 0 Å². The molecular weight excluding hydrogens is 198 g/mol. The van der Waals surface area contributed by atoms with E-state index < -0.39 is 10.0 Å². The van der Waals surface area contributed by atoms with Gasteiger partial charge in [-0.05, 0) is 17.7 Å². The molecule has 5 heteroatoms. The summed E-state index contributed by atoms with van der Waals surface area (Å²) in [4.78, 5) is 0.301. The number of sulfonamides is 1. The van der Waals surface area contributed by atoms with E-state index in [0.717, 1.165) is 5.56 Å². The molecule has 1 heterocycles. The Labute approximate surface area is 75.4 Å². The minimum absolute atomic E-state index is 0.301. The van der Waals surface area contributed by atoms with Gasteiger partial charge in [0.1, 0.15) is 0 Å². The van der Waals surface area contributed by atoms with Gasteiger partial charge in [-0.25, -0.2) is 13.1 Å². The Bertz CT molecular complexity index is 427. The summed E-state index contributed by atoms with van der Waals surface area (Å²) < 4.78 is 24.9. The van der Waals surface area contributed by atoms with E-state index in [-0.39, 0.29) is 0 Å². The van der Waals surface area contributed by atoms with Crippen LogP contribution in [0.5, 0.6) is 0 Å². The molecule has 1 aliphatic heterocycles. The van der Waals surface area contributed by atoms with Crippen molar-refractivity contribution in [2.75, 3.05) is 0 Å². The maximum atomic E-state index is 11.2. The van der Waals surface area contributed by atoms with E-state index in [2.05, 4.69) is 4.72 Å². The quantitative estimate of drug-likeness (QED) is 0.687. The molecule has 12 heavy (non-hydrogen) atoms. The lowest BCUT2D eigenvalue weighted by atomic mass is 10.2. The molecule has 0 aromatic heterocycles. The van der Waals surface area contributed by atoms with Gasteiger partial charge in [0.15, 0.2) is 0 Å². The maximum absolute atomic E-state index is 11.2. The summed E-state index contributed by atoms with van der Waals surface area (Å²) in [6.07, 6.45) is 0. The third-order valence-electron chi connectivity index (χ3n) is 1.77. The number of halogens is 1. The van der Waals surface area contributed by atoms with Crippen LogP contribution in [0.2, 0.25) is 5.02 Å². The van der Waals surface area contributed by atoms with Crippen LogP contribution in [-0.2, 0) is 16.6 Å². The maximum Gasteiger partial charge on any atom is 0.241 e. The van der Waals surface area contributed by atoms with E-state index in [1.165, 1.54) is 6.07 Å². The summed E-state index contributed by atoms with van der Waals surface area (Å²) in [6, 6.07) is 4.87. The van der Waals surface area contributed by atoms with Gasteiger partial charge in [0, 0.05) is 11.6 Å². The van der Waals surface area contributed by atoms with Gasteiger partial charge in [0.2, 0.25) is 10.0 Å². The van der Waals surface area contributed by atoms with Crippen LogP contribution >= 0.6 is 11.6 Å². The molecule has 0 atom stereocenters. The van der Waals surface area contributed by atoms with Crippen molar-refractivity contribution in [3.8, 4) is 0 Å². The van der Waals surface area contributed by atoms with Crippen LogP contribution < -0.4 is 4.72 Å². The van der Waals surface area contributed by atoms with E-state index in [9.17, 15) is 8.42 Å². The third kappa shape index (κ3) is 1.12. The summed E-state index contributed by atoms with van der Waals surface area (Å²) >= 11 is 5.66. The van der Waals surface area contributed by atoms with Crippen LogP contribution in [0.25, 0.3) is 0 Å². The van der Waals surface area contributed by atoms with Crippen molar-refractivity contribution in [1.29, 1.82) is 0 Å². The Kier molecular flexibility index (Phi) is 1.64. The zero-order chi connectivity index (χ0) is 8.77. The Hall–Kier alpha value is -0.580. The van der Waals surface area contributed by atoms with E-state index in [1.807, 2.05) is 0 Å². The molecule has 0 unspecified atom stereocenters. The second-order valence-electron chi connectivity index (χ2n) is 2.58. The standard InChI is InChI=1S/C7H6ClNO2S/c8-6-2-1-5-4-9-12(10,11)7(5)3-6/h1-3,9H,4H2. The third-order valence-corrected chi connectivity index (χ3v) is 3.49. The number of benzene rings is 1. The van der Waals surface area contributed by atoms with Gasteiger partial charge in [-0.1, -0.05) is 17.7 Å². The van der Waals surface area contributed by atoms with E-state index in [1.54, 1.807) is 12.1 Å². The smallest absolute Gasteiger partial charge is 0.207 e. The second-order valence-corrected chi connectivity index (χ2v) is 4.75. The fourth-order valence-electron chi connectivity index (χ4n) is 1.18. The lowest BCUT2D eigenvalue weighted by molar-refractivity contribution is 0.589. The van der Waals surface area contributed by atoms with E-state index in [4.69, 9.17) is 11.6 Å². The molecule has 0 spiro atoms. The Morgan fingerprint density at radius 3 is 2.92 bits per heavy atom. The SMILES string of the molecule is O=S1(=O)NCc2ccc(Cl)cc21. The summed E-state index contributed by atoms with van der Waals surface area (Å²) in [5.41, 5.74) is 0.777. The first-order valence-electron chi connectivity index (χ1n) is 3.38. The Morgan fingerprint density at radius 2 is 2.17 bits per heavy atom. The number of nitrogens with one attached hydrogen (secondary N) is 1. The largest absolute Gasteiger partial charge is 0.241 e. The van der Waals surface area contributed by atoms with Crippen LogP contribution in [0.3, 0.4) is 0 Å². The first kappa shape index (κ1) is 8.04.